The van der Waals surface area contributed by atoms with E-state index in [1.807, 2.05) is 43.5 Å². The van der Waals surface area contributed by atoms with Gasteiger partial charge in [0.15, 0.2) is 5.16 Å². The van der Waals surface area contributed by atoms with E-state index in [2.05, 4.69) is 25.6 Å². The van der Waals surface area contributed by atoms with Crippen molar-refractivity contribution in [2.45, 2.75) is 24.2 Å². The summed E-state index contributed by atoms with van der Waals surface area (Å²) in [5.41, 5.74) is 3.46. The average Bonchev–Trinajstić information content (AvgIpc) is 3.52. The molecular formula is C27H29FN8O3S. The highest BCUT2D eigenvalue weighted by Gasteiger charge is 2.37. The Morgan fingerprint density at radius 1 is 1.20 bits per heavy atom. The minimum Gasteiger partial charge on any atom is -0.383 e. The Balaban J connectivity index is 1.42. The molecule has 2 amide bonds. The summed E-state index contributed by atoms with van der Waals surface area (Å²) >= 11 is 1.45. The molecule has 0 bridgehead atoms. The lowest BCUT2D eigenvalue weighted by atomic mass is 10.0. The number of amides is 2. The smallest absolute Gasteiger partial charge is 0.320 e. The molecule has 2 N–H and O–H groups in total. The molecule has 0 unspecified atom stereocenters. The van der Waals surface area contributed by atoms with Gasteiger partial charge in [0.05, 0.1) is 18.3 Å². The van der Waals surface area contributed by atoms with Crippen LogP contribution in [0.3, 0.4) is 0 Å². The third-order valence-corrected chi connectivity index (χ3v) is 6.98. The Hall–Kier alpha value is -3.91. The molecule has 0 radical (unpaired) electrons. The van der Waals surface area contributed by atoms with Crippen molar-refractivity contribution in [2.75, 3.05) is 38.4 Å². The third-order valence-electron chi connectivity index (χ3n) is 6.41. The first-order valence-corrected chi connectivity index (χ1v) is 13.8. The first-order chi connectivity index (χ1) is 19.5. The Kier molecular flexibility index (Phi) is 8.65. The number of hydrogen-bond donors (Lipinski definition) is 2. The van der Waals surface area contributed by atoms with E-state index < -0.39 is 24.1 Å². The van der Waals surface area contributed by atoms with E-state index in [0.29, 0.717) is 41.9 Å². The standard InChI is InChI=1S/C27H29FN8O3S/c1-17-23(19-14-30-27(40-3)31-15-19)34-36(20-7-5-4-6-8-20)25(17)33-26(37)32-21-16-35(11-12-38-2)39-24(21)18-9-10-29-22(28)13-18/h4-10,13-15,21,24H,11-12,16H2,1-3H3,(H2,32,33,37)/t21-,24+/m1/s1. The Bertz CT molecular complexity index is 1450. The number of para-hydroxylation sites is 1. The molecule has 1 saturated heterocycles. The van der Waals surface area contributed by atoms with Gasteiger partial charge in [-0.25, -0.2) is 24.4 Å². The summed E-state index contributed by atoms with van der Waals surface area (Å²) in [5.74, 6) is -0.126. The van der Waals surface area contributed by atoms with Crippen molar-refractivity contribution >= 4 is 23.6 Å². The third kappa shape index (κ3) is 6.12. The van der Waals surface area contributed by atoms with E-state index >= 15 is 0 Å². The highest BCUT2D eigenvalue weighted by atomic mass is 32.2. The molecule has 0 saturated carbocycles. The van der Waals surface area contributed by atoms with Crippen molar-refractivity contribution in [1.29, 1.82) is 0 Å². The van der Waals surface area contributed by atoms with Crippen LogP contribution in [0, 0.1) is 12.9 Å². The number of rotatable bonds is 9. The van der Waals surface area contributed by atoms with Crippen LogP contribution in [0.2, 0.25) is 0 Å². The maximum Gasteiger partial charge on any atom is 0.320 e. The lowest BCUT2D eigenvalue weighted by Gasteiger charge is -2.19. The van der Waals surface area contributed by atoms with Crippen LogP contribution in [0.15, 0.2) is 66.2 Å². The summed E-state index contributed by atoms with van der Waals surface area (Å²) in [6.45, 7) is 3.19. The Labute approximate surface area is 235 Å². The van der Waals surface area contributed by atoms with Crippen molar-refractivity contribution in [3.63, 3.8) is 0 Å². The summed E-state index contributed by atoms with van der Waals surface area (Å²) in [6, 6.07) is 11.6. The molecule has 11 nitrogen and oxygen atoms in total. The van der Waals surface area contributed by atoms with Gasteiger partial charge in [-0.2, -0.15) is 14.6 Å². The minimum absolute atomic E-state index is 0.382. The molecule has 2 atom stereocenters. The zero-order valence-corrected chi connectivity index (χ0v) is 23.1. The second kappa shape index (κ2) is 12.5. The van der Waals surface area contributed by atoms with Crippen LogP contribution in [0.4, 0.5) is 15.0 Å². The van der Waals surface area contributed by atoms with E-state index in [4.69, 9.17) is 14.7 Å². The van der Waals surface area contributed by atoms with Gasteiger partial charge >= 0.3 is 6.03 Å². The van der Waals surface area contributed by atoms with E-state index in [0.717, 1.165) is 16.8 Å². The van der Waals surface area contributed by atoms with E-state index in [1.165, 1.54) is 24.0 Å². The molecule has 0 spiro atoms. The number of pyridine rings is 1. The highest BCUT2D eigenvalue weighted by Crippen LogP contribution is 2.32. The summed E-state index contributed by atoms with van der Waals surface area (Å²) < 4.78 is 20.8. The Morgan fingerprint density at radius 2 is 1.98 bits per heavy atom. The molecule has 4 heterocycles. The maximum absolute atomic E-state index is 13.9. The van der Waals surface area contributed by atoms with E-state index in [-0.39, 0.29) is 0 Å². The van der Waals surface area contributed by atoms with Crippen molar-refractivity contribution < 1.29 is 18.8 Å². The van der Waals surface area contributed by atoms with Crippen LogP contribution >= 0.6 is 11.8 Å². The number of hydrogen-bond acceptors (Lipinski definition) is 9. The number of aromatic nitrogens is 5. The number of urea groups is 1. The molecule has 5 rings (SSSR count). The number of carbonyl (C=O) groups excluding carboxylic acids is 1. The van der Waals surface area contributed by atoms with E-state index in [9.17, 15) is 9.18 Å². The fourth-order valence-electron chi connectivity index (χ4n) is 4.47. The number of carbonyl (C=O) groups is 1. The van der Waals surface area contributed by atoms with Crippen LogP contribution < -0.4 is 10.6 Å². The molecule has 1 aliphatic heterocycles. The predicted molar refractivity (Wildman–Crippen MR) is 149 cm³/mol. The number of halogens is 1. The van der Waals surface area contributed by atoms with Gasteiger partial charge in [0, 0.05) is 49.9 Å². The van der Waals surface area contributed by atoms with Gasteiger partial charge < -0.3 is 10.1 Å². The van der Waals surface area contributed by atoms with E-state index in [1.54, 1.807) is 35.3 Å². The van der Waals surface area contributed by atoms with Crippen LogP contribution in [-0.4, -0.2) is 74.9 Å². The number of benzene rings is 1. The zero-order chi connectivity index (χ0) is 28.1. The molecule has 3 aromatic heterocycles. The molecule has 13 heteroatoms. The number of ether oxygens (including phenoxy) is 1. The fourth-order valence-corrected chi connectivity index (χ4v) is 4.78. The topological polar surface area (TPSA) is 119 Å². The summed E-state index contributed by atoms with van der Waals surface area (Å²) in [6.07, 6.45) is 6.11. The summed E-state index contributed by atoms with van der Waals surface area (Å²) in [5, 5.41) is 13.1. The van der Waals surface area contributed by atoms with Gasteiger partial charge in [0.2, 0.25) is 5.95 Å². The number of anilines is 1. The molecule has 208 valence electrons. The van der Waals surface area contributed by atoms with Gasteiger partial charge in [-0.1, -0.05) is 30.0 Å². The molecule has 1 fully saturated rings. The minimum atomic E-state index is -0.621. The SMILES string of the molecule is COCCN1C[C@@H](NC(=O)Nc2c(C)c(-c3cnc(SC)nc3)nn2-c2ccccc2)[C@H](c2ccnc(F)c2)O1. The number of nitrogens with zero attached hydrogens (tertiary/aromatic N) is 6. The predicted octanol–water partition coefficient (Wildman–Crippen LogP) is 4.02. The van der Waals surface area contributed by atoms with Crippen molar-refractivity contribution in [2.24, 2.45) is 0 Å². The first kappa shape index (κ1) is 27.6. The summed E-state index contributed by atoms with van der Waals surface area (Å²) in [7, 11) is 1.60. The zero-order valence-electron chi connectivity index (χ0n) is 22.2. The lowest BCUT2D eigenvalue weighted by Crippen LogP contribution is -2.42. The van der Waals surface area contributed by atoms with Crippen LogP contribution in [0.5, 0.6) is 0 Å². The number of methoxy groups -OCH3 is 1. The van der Waals surface area contributed by atoms with Gasteiger partial charge in [0.1, 0.15) is 17.6 Å². The highest BCUT2D eigenvalue weighted by molar-refractivity contribution is 7.98. The largest absolute Gasteiger partial charge is 0.383 e. The van der Waals surface area contributed by atoms with Crippen molar-refractivity contribution in [3.8, 4) is 16.9 Å². The molecular weight excluding hydrogens is 535 g/mol. The Morgan fingerprint density at radius 3 is 2.67 bits per heavy atom. The second-order valence-electron chi connectivity index (χ2n) is 9.05. The average molecular weight is 565 g/mol. The van der Waals surface area contributed by atoms with Gasteiger partial charge in [-0.15, -0.1) is 0 Å². The van der Waals surface area contributed by atoms with Crippen LogP contribution in [-0.2, 0) is 9.57 Å². The van der Waals surface area contributed by atoms with Crippen LogP contribution in [0.25, 0.3) is 16.9 Å². The fraction of sp³-hybridized carbons (Fsp3) is 0.296. The lowest BCUT2D eigenvalue weighted by molar-refractivity contribution is -0.154. The van der Waals surface area contributed by atoms with Crippen molar-refractivity contribution in [3.05, 3.63) is 78.1 Å². The molecule has 1 aromatic carbocycles. The van der Waals surface area contributed by atoms with Gasteiger partial charge in [0.25, 0.3) is 0 Å². The number of thioether (sulfide) groups is 1. The first-order valence-electron chi connectivity index (χ1n) is 12.6. The quantitative estimate of drug-likeness (QED) is 0.176. The number of nitrogens with one attached hydrogen (secondary N) is 2. The normalized spacial score (nSPS) is 17.2. The monoisotopic (exact) mass is 564 g/mol. The van der Waals surface area contributed by atoms with Gasteiger partial charge in [-0.3, -0.25) is 10.2 Å². The molecule has 0 aliphatic carbocycles. The maximum atomic E-state index is 13.9. The molecule has 40 heavy (non-hydrogen) atoms. The van der Waals surface area contributed by atoms with Crippen molar-refractivity contribution in [1.82, 2.24) is 35.1 Å². The van der Waals surface area contributed by atoms with Crippen LogP contribution in [0.1, 0.15) is 17.2 Å². The molecule has 4 aromatic rings. The second-order valence-corrected chi connectivity index (χ2v) is 9.83. The number of hydroxylamine groups is 2. The van der Waals surface area contributed by atoms with Gasteiger partial charge in [-0.05, 0) is 43.0 Å². The summed E-state index contributed by atoms with van der Waals surface area (Å²) in [4.78, 5) is 31.8. The molecule has 1 aliphatic rings.